The van der Waals surface area contributed by atoms with Crippen molar-refractivity contribution < 1.29 is 9.53 Å². The number of amides is 1. The molecule has 6 nitrogen and oxygen atoms in total. The highest BCUT2D eigenvalue weighted by molar-refractivity contribution is 5.95. The zero-order valence-electron chi connectivity index (χ0n) is 17.2. The summed E-state index contributed by atoms with van der Waals surface area (Å²) in [5, 5.41) is 12.0. The molecule has 3 aromatic rings. The summed E-state index contributed by atoms with van der Waals surface area (Å²) in [6.07, 6.45) is 5.11. The van der Waals surface area contributed by atoms with Gasteiger partial charge in [-0.2, -0.15) is 0 Å². The van der Waals surface area contributed by atoms with Gasteiger partial charge in [0.25, 0.3) is 5.91 Å². The van der Waals surface area contributed by atoms with Crippen LogP contribution < -0.4 is 10.1 Å². The van der Waals surface area contributed by atoms with Crippen LogP contribution in [0, 0.1) is 0 Å². The lowest BCUT2D eigenvalue weighted by molar-refractivity contribution is 0.0933. The first-order valence-corrected chi connectivity index (χ1v) is 10.7. The Labute approximate surface area is 176 Å². The molecule has 2 aliphatic rings. The molecule has 0 radical (unpaired) electrons. The molecule has 154 valence electrons. The molecular formula is C24H26N4O2. The standard InChI is InChI=1S/C24H26N4O2/c1-30-21-10-7-16(8-11-21)18-3-2-4-19(15-18)24(29)25-20-9-12-22-26-27-23(17-5-6-17)28(22)14-13-20/h2-4,7-8,10-11,15,17,20H,5-6,9,12-14H2,1H3,(H,25,29). The van der Waals surface area contributed by atoms with Crippen molar-refractivity contribution in [3.63, 3.8) is 0 Å². The number of fused-ring (bicyclic) bond motifs is 1. The van der Waals surface area contributed by atoms with Crippen LogP contribution in [0.5, 0.6) is 5.75 Å². The lowest BCUT2D eigenvalue weighted by Gasteiger charge is -2.16. The quantitative estimate of drug-likeness (QED) is 0.701. The van der Waals surface area contributed by atoms with Gasteiger partial charge in [-0.25, -0.2) is 0 Å². The third-order valence-corrected chi connectivity index (χ3v) is 6.10. The number of carbonyl (C=O) groups is 1. The van der Waals surface area contributed by atoms with Crippen LogP contribution in [0.15, 0.2) is 48.5 Å². The smallest absolute Gasteiger partial charge is 0.251 e. The Kier molecular flexibility index (Phi) is 4.99. The fraction of sp³-hybridized carbons (Fsp3) is 0.375. The van der Waals surface area contributed by atoms with Gasteiger partial charge in [0, 0.05) is 30.5 Å². The number of carbonyl (C=O) groups excluding carboxylic acids is 1. The summed E-state index contributed by atoms with van der Waals surface area (Å²) in [4.78, 5) is 12.9. The van der Waals surface area contributed by atoms with E-state index < -0.39 is 0 Å². The monoisotopic (exact) mass is 402 g/mol. The van der Waals surface area contributed by atoms with Crippen LogP contribution in [0.25, 0.3) is 11.1 Å². The third-order valence-electron chi connectivity index (χ3n) is 6.10. The molecular weight excluding hydrogens is 376 g/mol. The van der Waals surface area contributed by atoms with Gasteiger partial charge in [0.15, 0.2) is 0 Å². The Morgan fingerprint density at radius 1 is 1.03 bits per heavy atom. The van der Waals surface area contributed by atoms with Crippen molar-refractivity contribution in [3.8, 4) is 16.9 Å². The Hall–Kier alpha value is -3.15. The molecule has 30 heavy (non-hydrogen) atoms. The highest BCUT2D eigenvalue weighted by atomic mass is 16.5. The lowest BCUT2D eigenvalue weighted by Crippen LogP contribution is -2.35. The van der Waals surface area contributed by atoms with E-state index in [2.05, 4.69) is 20.1 Å². The van der Waals surface area contributed by atoms with Crippen molar-refractivity contribution in [2.24, 2.45) is 0 Å². The predicted molar refractivity (Wildman–Crippen MR) is 115 cm³/mol. The number of nitrogens with zero attached hydrogens (tertiary/aromatic N) is 3. The van der Waals surface area contributed by atoms with E-state index in [1.165, 1.54) is 12.8 Å². The van der Waals surface area contributed by atoms with Gasteiger partial charge in [0.05, 0.1) is 7.11 Å². The molecule has 1 aromatic heterocycles. The minimum Gasteiger partial charge on any atom is -0.497 e. The first kappa shape index (κ1) is 18.9. The van der Waals surface area contributed by atoms with Crippen molar-refractivity contribution in [2.45, 2.75) is 50.6 Å². The lowest BCUT2D eigenvalue weighted by atomic mass is 10.0. The van der Waals surface area contributed by atoms with Crippen LogP contribution >= 0.6 is 0 Å². The van der Waals surface area contributed by atoms with E-state index >= 15 is 0 Å². The van der Waals surface area contributed by atoms with E-state index in [0.717, 1.165) is 54.3 Å². The summed E-state index contributed by atoms with van der Waals surface area (Å²) in [7, 11) is 1.66. The molecule has 1 atom stereocenters. The Morgan fingerprint density at radius 3 is 2.63 bits per heavy atom. The van der Waals surface area contributed by atoms with Gasteiger partial charge in [-0.1, -0.05) is 24.3 Å². The van der Waals surface area contributed by atoms with Crippen LogP contribution in [0.3, 0.4) is 0 Å². The normalized spacial score (nSPS) is 18.4. The van der Waals surface area contributed by atoms with E-state index in [1.807, 2.05) is 48.5 Å². The molecule has 1 N–H and O–H groups in total. The Morgan fingerprint density at radius 2 is 1.87 bits per heavy atom. The number of nitrogens with one attached hydrogen (secondary N) is 1. The third kappa shape index (κ3) is 3.82. The largest absolute Gasteiger partial charge is 0.497 e. The minimum absolute atomic E-state index is 0.0181. The number of rotatable bonds is 5. The topological polar surface area (TPSA) is 69.0 Å². The highest BCUT2D eigenvalue weighted by Crippen LogP contribution is 2.39. The van der Waals surface area contributed by atoms with Gasteiger partial charge in [-0.05, 0) is 61.1 Å². The molecule has 1 saturated carbocycles. The number of benzene rings is 2. The number of aryl methyl sites for hydroxylation is 1. The second-order valence-corrected chi connectivity index (χ2v) is 8.21. The van der Waals surface area contributed by atoms with Crippen LogP contribution in [-0.4, -0.2) is 33.8 Å². The van der Waals surface area contributed by atoms with Crippen molar-refractivity contribution in [3.05, 3.63) is 65.7 Å². The SMILES string of the molecule is COc1ccc(-c2cccc(C(=O)NC3CCc4nnc(C5CC5)n4CC3)c2)cc1. The van der Waals surface area contributed by atoms with Crippen LogP contribution in [0.4, 0.5) is 0 Å². The first-order valence-electron chi connectivity index (χ1n) is 10.7. The zero-order valence-corrected chi connectivity index (χ0v) is 17.2. The summed E-state index contributed by atoms with van der Waals surface area (Å²) in [5.41, 5.74) is 2.77. The number of hydrogen-bond donors (Lipinski definition) is 1. The van der Waals surface area contributed by atoms with E-state index in [9.17, 15) is 4.79 Å². The summed E-state index contributed by atoms with van der Waals surface area (Å²) in [6, 6.07) is 15.8. The van der Waals surface area contributed by atoms with Crippen molar-refractivity contribution in [2.75, 3.05) is 7.11 Å². The first-order chi connectivity index (χ1) is 14.7. The Balaban J connectivity index is 1.26. The summed E-state index contributed by atoms with van der Waals surface area (Å²) in [6.45, 7) is 0.880. The summed E-state index contributed by atoms with van der Waals surface area (Å²) < 4.78 is 7.51. The van der Waals surface area contributed by atoms with Crippen LogP contribution in [-0.2, 0) is 13.0 Å². The average molecular weight is 402 g/mol. The van der Waals surface area contributed by atoms with Crippen molar-refractivity contribution >= 4 is 5.91 Å². The van der Waals surface area contributed by atoms with E-state index in [1.54, 1.807) is 7.11 Å². The van der Waals surface area contributed by atoms with Crippen molar-refractivity contribution in [1.29, 1.82) is 0 Å². The molecule has 6 heteroatoms. The fourth-order valence-electron chi connectivity index (χ4n) is 4.19. The molecule has 2 heterocycles. The molecule has 0 bridgehead atoms. The number of ether oxygens (including phenoxy) is 1. The second kappa shape index (κ2) is 7.94. The minimum atomic E-state index is -0.0181. The van der Waals surface area contributed by atoms with Gasteiger partial charge in [0.2, 0.25) is 0 Å². The molecule has 0 saturated heterocycles. The number of aromatic nitrogens is 3. The van der Waals surface area contributed by atoms with Crippen molar-refractivity contribution in [1.82, 2.24) is 20.1 Å². The molecule has 1 unspecified atom stereocenters. The van der Waals surface area contributed by atoms with Gasteiger partial charge in [-0.3, -0.25) is 4.79 Å². The molecule has 1 aliphatic carbocycles. The highest BCUT2D eigenvalue weighted by Gasteiger charge is 2.31. The van der Waals surface area contributed by atoms with Gasteiger partial charge in [0.1, 0.15) is 17.4 Å². The molecule has 1 fully saturated rings. The molecule has 1 amide bonds. The fourth-order valence-corrected chi connectivity index (χ4v) is 4.19. The number of hydrogen-bond acceptors (Lipinski definition) is 4. The zero-order chi connectivity index (χ0) is 20.5. The molecule has 1 aliphatic heterocycles. The number of methoxy groups -OCH3 is 1. The van der Waals surface area contributed by atoms with E-state index in [4.69, 9.17) is 4.74 Å². The summed E-state index contributed by atoms with van der Waals surface area (Å²) >= 11 is 0. The van der Waals surface area contributed by atoms with Gasteiger partial charge >= 0.3 is 0 Å². The van der Waals surface area contributed by atoms with E-state index in [0.29, 0.717) is 11.5 Å². The van der Waals surface area contributed by atoms with Crippen LogP contribution in [0.2, 0.25) is 0 Å². The predicted octanol–water partition coefficient (Wildman–Crippen LogP) is 3.97. The van der Waals surface area contributed by atoms with Crippen LogP contribution in [0.1, 0.15) is 53.6 Å². The van der Waals surface area contributed by atoms with Gasteiger partial charge in [-0.15, -0.1) is 10.2 Å². The Bertz CT molecular complexity index is 1050. The average Bonchev–Trinajstić information content (AvgIpc) is 3.59. The maximum atomic E-state index is 12.9. The molecule has 5 rings (SSSR count). The molecule has 2 aromatic carbocycles. The van der Waals surface area contributed by atoms with E-state index in [-0.39, 0.29) is 11.9 Å². The second-order valence-electron chi connectivity index (χ2n) is 8.21. The maximum Gasteiger partial charge on any atom is 0.251 e. The maximum absolute atomic E-state index is 12.9. The van der Waals surface area contributed by atoms with Gasteiger partial charge < -0.3 is 14.6 Å². The summed E-state index contributed by atoms with van der Waals surface area (Å²) in [5.74, 6) is 3.61. The molecule has 0 spiro atoms.